The van der Waals surface area contributed by atoms with Crippen LogP contribution in [0.25, 0.3) is 0 Å². The van der Waals surface area contributed by atoms with Crippen LogP contribution in [0.4, 0.5) is 4.39 Å². The molecule has 0 bridgehead atoms. The van der Waals surface area contributed by atoms with Crippen molar-refractivity contribution in [2.24, 2.45) is 0 Å². The first kappa shape index (κ1) is 17.6. The van der Waals surface area contributed by atoms with Gasteiger partial charge in [0.05, 0.1) is 0 Å². The van der Waals surface area contributed by atoms with E-state index >= 15 is 0 Å². The van der Waals surface area contributed by atoms with Crippen LogP contribution >= 0.6 is 0 Å². The molecule has 1 saturated heterocycles. The topological polar surface area (TPSA) is 23.6 Å². The zero-order valence-electron chi connectivity index (χ0n) is 14.5. The van der Waals surface area contributed by atoms with E-state index in [1.807, 2.05) is 17.0 Å². The molecule has 1 aliphatic heterocycles. The number of carbonyl (C=O) groups excluding carboxylic acids is 1. The van der Waals surface area contributed by atoms with Gasteiger partial charge in [0.25, 0.3) is 0 Å². The summed E-state index contributed by atoms with van der Waals surface area (Å²) in [5, 5.41) is 0. The highest BCUT2D eigenvalue weighted by atomic mass is 19.1. The lowest BCUT2D eigenvalue weighted by atomic mass is 10.1. The second kappa shape index (κ2) is 8.77. The molecule has 1 amide bonds. The molecule has 3 nitrogen and oxygen atoms in total. The number of benzene rings is 2. The molecular weight excluding hydrogens is 315 g/mol. The van der Waals surface area contributed by atoms with Crippen molar-refractivity contribution in [1.29, 1.82) is 0 Å². The summed E-state index contributed by atoms with van der Waals surface area (Å²) in [6, 6.07) is 17.0. The van der Waals surface area contributed by atoms with Crippen molar-refractivity contribution in [2.75, 3.05) is 32.7 Å². The van der Waals surface area contributed by atoms with Crippen LogP contribution in [0.2, 0.25) is 0 Å². The van der Waals surface area contributed by atoms with E-state index in [0.717, 1.165) is 44.7 Å². The highest BCUT2D eigenvalue weighted by Crippen LogP contribution is 2.10. The highest BCUT2D eigenvalue weighted by Gasteiger charge is 2.20. The van der Waals surface area contributed by atoms with Crippen molar-refractivity contribution in [2.45, 2.75) is 19.3 Å². The lowest BCUT2D eigenvalue weighted by molar-refractivity contribution is -0.132. The Kier molecular flexibility index (Phi) is 6.18. The number of halogens is 1. The van der Waals surface area contributed by atoms with Crippen LogP contribution in [0.3, 0.4) is 0 Å². The minimum absolute atomic E-state index is 0.173. The first-order valence-corrected chi connectivity index (χ1v) is 8.99. The number of aryl methyl sites for hydroxylation is 1. The van der Waals surface area contributed by atoms with Crippen molar-refractivity contribution in [3.05, 3.63) is 71.5 Å². The minimum Gasteiger partial charge on any atom is -0.340 e. The molecule has 2 aromatic carbocycles. The molecule has 0 unspecified atom stereocenters. The van der Waals surface area contributed by atoms with Gasteiger partial charge >= 0.3 is 0 Å². The number of hydrogen-bond acceptors (Lipinski definition) is 2. The molecular formula is C21H25FN2O. The second-order valence-corrected chi connectivity index (χ2v) is 6.59. The van der Waals surface area contributed by atoms with Crippen LogP contribution in [0, 0.1) is 5.82 Å². The Morgan fingerprint density at radius 3 is 2.32 bits per heavy atom. The van der Waals surface area contributed by atoms with Gasteiger partial charge in [-0.25, -0.2) is 4.39 Å². The summed E-state index contributed by atoms with van der Waals surface area (Å²) in [5.41, 5.74) is 2.24. The lowest BCUT2D eigenvalue weighted by Gasteiger charge is -2.34. The first-order chi connectivity index (χ1) is 12.2. The van der Waals surface area contributed by atoms with Crippen molar-refractivity contribution in [3.8, 4) is 0 Å². The number of rotatable bonds is 6. The third-order valence-electron chi connectivity index (χ3n) is 4.80. The van der Waals surface area contributed by atoms with Gasteiger partial charge in [-0.15, -0.1) is 0 Å². The number of piperazine rings is 1. The van der Waals surface area contributed by atoms with Gasteiger partial charge in [0, 0.05) is 39.1 Å². The molecule has 1 aliphatic rings. The van der Waals surface area contributed by atoms with Gasteiger partial charge in [0.1, 0.15) is 5.82 Å². The Hall–Kier alpha value is -2.20. The van der Waals surface area contributed by atoms with E-state index in [1.54, 1.807) is 6.07 Å². The summed E-state index contributed by atoms with van der Waals surface area (Å²) < 4.78 is 13.2. The highest BCUT2D eigenvalue weighted by molar-refractivity contribution is 5.76. The standard InChI is InChI=1S/C21H25FN2O/c22-20-8-4-7-19(17-20)9-10-21(25)24-15-13-23(14-16-24)12-11-18-5-2-1-3-6-18/h1-8,17H,9-16H2. The van der Waals surface area contributed by atoms with E-state index in [1.165, 1.54) is 17.7 Å². The fraction of sp³-hybridized carbons (Fsp3) is 0.381. The molecule has 4 heteroatoms. The predicted molar refractivity (Wildman–Crippen MR) is 97.9 cm³/mol. The van der Waals surface area contributed by atoms with Crippen molar-refractivity contribution in [1.82, 2.24) is 9.80 Å². The zero-order valence-corrected chi connectivity index (χ0v) is 14.5. The molecule has 0 saturated carbocycles. The fourth-order valence-corrected chi connectivity index (χ4v) is 3.25. The molecule has 3 rings (SSSR count). The largest absolute Gasteiger partial charge is 0.340 e. The normalized spacial score (nSPS) is 15.3. The van der Waals surface area contributed by atoms with E-state index in [-0.39, 0.29) is 11.7 Å². The first-order valence-electron chi connectivity index (χ1n) is 8.99. The van der Waals surface area contributed by atoms with Gasteiger partial charge in [-0.3, -0.25) is 9.69 Å². The number of hydrogen-bond donors (Lipinski definition) is 0. The molecule has 25 heavy (non-hydrogen) atoms. The predicted octanol–water partition coefficient (Wildman–Crippen LogP) is 3.15. The molecule has 1 heterocycles. The van der Waals surface area contributed by atoms with Gasteiger partial charge < -0.3 is 4.90 Å². The van der Waals surface area contributed by atoms with Crippen LogP contribution in [0.1, 0.15) is 17.5 Å². The quantitative estimate of drug-likeness (QED) is 0.806. The summed E-state index contributed by atoms with van der Waals surface area (Å²) in [6.45, 7) is 4.47. The molecule has 1 fully saturated rings. The smallest absolute Gasteiger partial charge is 0.222 e. The van der Waals surface area contributed by atoms with E-state index in [9.17, 15) is 9.18 Å². The van der Waals surface area contributed by atoms with Crippen molar-refractivity contribution >= 4 is 5.91 Å². The Bertz CT molecular complexity index is 681. The molecule has 0 atom stereocenters. The summed E-state index contributed by atoms with van der Waals surface area (Å²) in [4.78, 5) is 16.7. The molecule has 0 aliphatic carbocycles. The van der Waals surface area contributed by atoms with Gasteiger partial charge in [-0.2, -0.15) is 0 Å². The third kappa shape index (κ3) is 5.40. The van der Waals surface area contributed by atoms with E-state index in [2.05, 4.69) is 29.2 Å². The zero-order chi connectivity index (χ0) is 17.5. The maximum Gasteiger partial charge on any atom is 0.222 e. The average molecular weight is 340 g/mol. The second-order valence-electron chi connectivity index (χ2n) is 6.59. The summed E-state index contributed by atoms with van der Waals surface area (Å²) >= 11 is 0. The minimum atomic E-state index is -0.239. The van der Waals surface area contributed by atoms with Crippen LogP contribution in [-0.4, -0.2) is 48.4 Å². The summed E-state index contributed by atoms with van der Waals surface area (Å²) in [6.07, 6.45) is 2.10. The van der Waals surface area contributed by atoms with Gasteiger partial charge in [0.2, 0.25) is 5.91 Å². The number of carbonyl (C=O) groups is 1. The van der Waals surface area contributed by atoms with Crippen LogP contribution in [0.15, 0.2) is 54.6 Å². The summed E-state index contributed by atoms with van der Waals surface area (Å²) in [7, 11) is 0. The molecule has 2 aromatic rings. The number of nitrogens with zero attached hydrogens (tertiary/aromatic N) is 2. The molecule has 0 spiro atoms. The van der Waals surface area contributed by atoms with Gasteiger partial charge in [-0.1, -0.05) is 42.5 Å². The maximum absolute atomic E-state index is 13.2. The maximum atomic E-state index is 13.2. The van der Waals surface area contributed by atoms with Crippen molar-refractivity contribution in [3.63, 3.8) is 0 Å². The summed E-state index contributed by atoms with van der Waals surface area (Å²) in [5.74, 6) is -0.0658. The SMILES string of the molecule is O=C(CCc1cccc(F)c1)N1CCN(CCc2ccccc2)CC1. The number of amides is 1. The van der Waals surface area contributed by atoms with Gasteiger partial charge in [0.15, 0.2) is 0 Å². The Morgan fingerprint density at radius 1 is 0.880 bits per heavy atom. The average Bonchev–Trinajstić information content (AvgIpc) is 2.66. The molecule has 0 N–H and O–H groups in total. The van der Waals surface area contributed by atoms with Crippen LogP contribution in [-0.2, 0) is 17.6 Å². The Balaban J connectivity index is 1.38. The van der Waals surface area contributed by atoms with Crippen molar-refractivity contribution < 1.29 is 9.18 Å². The van der Waals surface area contributed by atoms with Crippen LogP contribution < -0.4 is 0 Å². The Morgan fingerprint density at radius 2 is 1.60 bits per heavy atom. The lowest BCUT2D eigenvalue weighted by Crippen LogP contribution is -2.49. The van der Waals surface area contributed by atoms with E-state index in [4.69, 9.17) is 0 Å². The van der Waals surface area contributed by atoms with Gasteiger partial charge in [-0.05, 0) is 36.1 Å². The fourth-order valence-electron chi connectivity index (χ4n) is 3.25. The molecule has 0 aromatic heterocycles. The van der Waals surface area contributed by atoms with E-state index in [0.29, 0.717) is 12.8 Å². The molecule has 0 radical (unpaired) electrons. The van der Waals surface area contributed by atoms with Crippen LogP contribution in [0.5, 0.6) is 0 Å². The third-order valence-corrected chi connectivity index (χ3v) is 4.80. The Labute approximate surface area is 149 Å². The molecule has 132 valence electrons. The monoisotopic (exact) mass is 340 g/mol. The van der Waals surface area contributed by atoms with E-state index < -0.39 is 0 Å².